The van der Waals surface area contributed by atoms with Crippen LogP contribution in [0.4, 0.5) is 0 Å². The van der Waals surface area contributed by atoms with Crippen LogP contribution in [0.5, 0.6) is 11.8 Å². The first-order valence-electron chi connectivity index (χ1n) is 9.43. The lowest BCUT2D eigenvalue weighted by atomic mass is 9.94. The molecule has 1 fully saturated rings. The highest BCUT2D eigenvalue weighted by Gasteiger charge is 2.28. The second-order valence-electron chi connectivity index (χ2n) is 7.30. The minimum atomic E-state index is -3.65. The molecule has 1 aliphatic carbocycles. The van der Waals surface area contributed by atoms with Crippen LogP contribution < -0.4 is 14.2 Å². The van der Waals surface area contributed by atoms with Crippen LogP contribution in [0.1, 0.15) is 42.6 Å². The predicted molar refractivity (Wildman–Crippen MR) is 106 cm³/mol. The van der Waals surface area contributed by atoms with Crippen molar-refractivity contribution >= 4 is 10.0 Å². The molecule has 1 aliphatic rings. The lowest BCUT2D eigenvalue weighted by Crippen LogP contribution is -2.39. The average molecular weight is 406 g/mol. The highest BCUT2D eigenvalue weighted by atomic mass is 32.2. The second kappa shape index (κ2) is 8.45. The maximum Gasteiger partial charge on any atom is 0.317 e. The van der Waals surface area contributed by atoms with Gasteiger partial charge in [0.2, 0.25) is 10.0 Å². The molecule has 1 aromatic heterocycles. The summed E-state index contributed by atoms with van der Waals surface area (Å²) >= 11 is 0. The lowest BCUT2D eigenvalue weighted by molar-refractivity contribution is 0.131. The Balaban J connectivity index is 1.61. The van der Waals surface area contributed by atoms with Crippen molar-refractivity contribution in [3.63, 3.8) is 0 Å². The van der Waals surface area contributed by atoms with Crippen LogP contribution in [-0.4, -0.2) is 37.6 Å². The molecule has 1 aromatic carbocycles. The molecule has 0 radical (unpaired) electrons. The van der Waals surface area contributed by atoms with Gasteiger partial charge in [0.15, 0.2) is 0 Å². The molecule has 1 saturated carbocycles. The molecule has 7 nitrogen and oxygen atoms in total. The van der Waals surface area contributed by atoms with Crippen LogP contribution in [0.15, 0.2) is 29.2 Å². The zero-order valence-corrected chi connectivity index (χ0v) is 17.5. The normalized spacial score (nSPS) is 20.0. The summed E-state index contributed by atoms with van der Waals surface area (Å²) in [6.07, 6.45) is 2.88. The average Bonchev–Trinajstić information content (AvgIpc) is 2.62. The van der Waals surface area contributed by atoms with E-state index in [1.54, 1.807) is 12.1 Å². The molecular weight excluding hydrogens is 378 g/mol. The van der Waals surface area contributed by atoms with E-state index in [-0.39, 0.29) is 17.0 Å². The summed E-state index contributed by atoms with van der Waals surface area (Å²) in [4.78, 5) is 8.81. The number of hydrogen-bond donors (Lipinski definition) is 1. The molecule has 0 saturated heterocycles. The van der Waals surface area contributed by atoms with Gasteiger partial charge < -0.3 is 9.47 Å². The number of nitrogens with zero attached hydrogens (tertiary/aromatic N) is 2. The summed E-state index contributed by atoms with van der Waals surface area (Å²) in [5, 5.41) is 0. The number of benzene rings is 1. The van der Waals surface area contributed by atoms with E-state index < -0.39 is 10.0 Å². The molecule has 0 bridgehead atoms. The van der Waals surface area contributed by atoms with E-state index in [1.807, 2.05) is 32.9 Å². The van der Waals surface area contributed by atoms with Gasteiger partial charge in [-0.25, -0.2) is 23.1 Å². The van der Waals surface area contributed by atoms with Crippen molar-refractivity contribution in [1.29, 1.82) is 0 Å². The molecule has 1 heterocycles. The summed E-state index contributed by atoms with van der Waals surface area (Å²) in [7, 11) is -2.18. The van der Waals surface area contributed by atoms with E-state index in [0.717, 1.165) is 29.8 Å². The Morgan fingerprint density at radius 1 is 1.00 bits per heavy atom. The molecular formula is C20H27N3O4S. The molecule has 0 atom stereocenters. The molecule has 0 amide bonds. The van der Waals surface area contributed by atoms with Gasteiger partial charge in [0.05, 0.1) is 7.11 Å². The Labute approximate surface area is 166 Å². The molecule has 0 spiro atoms. The third kappa shape index (κ3) is 4.99. The van der Waals surface area contributed by atoms with Crippen molar-refractivity contribution in [2.75, 3.05) is 7.11 Å². The van der Waals surface area contributed by atoms with Crippen molar-refractivity contribution in [1.82, 2.24) is 14.7 Å². The van der Waals surface area contributed by atoms with Crippen molar-refractivity contribution in [2.45, 2.75) is 63.5 Å². The summed E-state index contributed by atoms with van der Waals surface area (Å²) in [6.45, 7) is 5.68. The topological polar surface area (TPSA) is 90.4 Å². The van der Waals surface area contributed by atoms with Gasteiger partial charge in [0, 0.05) is 17.4 Å². The van der Waals surface area contributed by atoms with E-state index in [1.165, 1.54) is 7.11 Å². The Bertz CT molecular complexity index is 918. The predicted octanol–water partition coefficient (Wildman–Crippen LogP) is 3.08. The van der Waals surface area contributed by atoms with Crippen molar-refractivity contribution < 1.29 is 17.9 Å². The SMILES string of the molecule is COc1ccc(C)cc1S(=O)(=O)NC1CCC(Oc2nc(C)cc(C)n2)CC1. The number of rotatable bonds is 6. The van der Waals surface area contributed by atoms with Gasteiger partial charge >= 0.3 is 6.01 Å². The van der Waals surface area contributed by atoms with E-state index >= 15 is 0 Å². The van der Waals surface area contributed by atoms with Crippen molar-refractivity contribution in [3.05, 3.63) is 41.2 Å². The van der Waals surface area contributed by atoms with Crippen LogP contribution in [-0.2, 0) is 10.0 Å². The quantitative estimate of drug-likeness (QED) is 0.794. The first-order valence-corrected chi connectivity index (χ1v) is 10.9. The second-order valence-corrected chi connectivity index (χ2v) is 8.98. The number of nitrogens with one attached hydrogen (secondary N) is 1. The van der Waals surface area contributed by atoms with E-state index in [0.29, 0.717) is 24.6 Å². The van der Waals surface area contributed by atoms with Crippen molar-refractivity contribution in [3.8, 4) is 11.8 Å². The molecule has 1 N–H and O–H groups in total. The van der Waals surface area contributed by atoms with Gasteiger partial charge in [-0.15, -0.1) is 0 Å². The number of hydrogen-bond acceptors (Lipinski definition) is 6. The molecule has 152 valence electrons. The van der Waals surface area contributed by atoms with Gasteiger partial charge in [-0.2, -0.15) is 0 Å². The maximum absolute atomic E-state index is 12.8. The number of aryl methyl sites for hydroxylation is 3. The number of methoxy groups -OCH3 is 1. The van der Waals surface area contributed by atoms with Crippen LogP contribution in [0.25, 0.3) is 0 Å². The number of sulfonamides is 1. The van der Waals surface area contributed by atoms with Gasteiger partial charge in [-0.05, 0) is 70.2 Å². The molecule has 28 heavy (non-hydrogen) atoms. The van der Waals surface area contributed by atoms with Crippen LogP contribution >= 0.6 is 0 Å². The first kappa shape index (κ1) is 20.5. The zero-order valence-electron chi connectivity index (χ0n) is 16.7. The molecule has 0 unspecified atom stereocenters. The van der Waals surface area contributed by atoms with E-state index in [4.69, 9.17) is 9.47 Å². The van der Waals surface area contributed by atoms with E-state index in [9.17, 15) is 8.42 Å². The van der Waals surface area contributed by atoms with Gasteiger partial charge in [-0.3, -0.25) is 0 Å². The third-order valence-corrected chi connectivity index (χ3v) is 6.38. The van der Waals surface area contributed by atoms with Crippen LogP contribution in [0.2, 0.25) is 0 Å². The van der Waals surface area contributed by atoms with Gasteiger partial charge in [-0.1, -0.05) is 6.07 Å². The van der Waals surface area contributed by atoms with Crippen LogP contribution in [0.3, 0.4) is 0 Å². The largest absolute Gasteiger partial charge is 0.495 e. The summed E-state index contributed by atoms with van der Waals surface area (Å²) in [5.74, 6) is 0.349. The third-order valence-electron chi connectivity index (χ3n) is 4.84. The Morgan fingerprint density at radius 3 is 2.25 bits per heavy atom. The highest BCUT2D eigenvalue weighted by molar-refractivity contribution is 7.89. The molecule has 0 aliphatic heterocycles. The monoisotopic (exact) mass is 405 g/mol. The maximum atomic E-state index is 12.8. The number of ether oxygens (including phenoxy) is 2. The van der Waals surface area contributed by atoms with Gasteiger partial charge in [0.25, 0.3) is 0 Å². The molecule has 8 heteroatoms. The Morgan fingerprint density at radius 2 is 1.64 bits per heavy atom. The Hall–Kier alpha value is -2.19. The van der Waals surface area contributed by atoms with Gasteiger partial charge in [0.1, 0.15) is 16.7 Å². The first-order chi connectivity index (χ1) is 13.3. The smallest absolute Gasteiger partial charge is 0.317 e. The summed E-state index contributed by atoms with van der Waals surface area (Å²) < 4.78 is 39.6. The summed E-state index contributed by atoms with van der Waals surface area (Å²) in [6, 6.07) is 7.31. The highest BCUT2D eigenvalue weighted by Crippen LogP contribution is 2.27. The zero-order chi connectivity index (χ0) is 20.3. The lowest BCUT2D eigenvalue weighted by Gasteiger charge is -2.29. The van der Waals surface area contributed by atoms with E-state index in [2.05, 4.69) is 14.7 Å². The van der Waals surface area contributed by atoms with Crippen molar-refractivity contribution in [2.24, 2.45) is 0 Å². The molecule has 2 aromatic rings. The van der Waals surface area contributed by atoms with Crippen LogP contribution in [0, 0.1) is 20.8 Å². The fourth-order valence-corrected chi connectivity index (χ4v) is 5.03. The minimum Gasteiger partial charge on any atom is -0.495 e. The fourth-order valence-electron chi connectivity index (χ4n) is 3.47. The number of aromatic nitrogens is 2. The fraction of sp³-hybridized carbons (Fsp3) is 0.500. The summed E-state index contributed by atoms with van der Waals surface area (Å²) in [5.41, 5.74) is 2.61. The molecule has 3 rings (SSSR count). The Kier molecular flexibility index (Phi) is 6.20. The standard InChI is InChI=1S/C20H27N3O4S/c1-13-5-10-18(26-4)19(11-13)28(24,25)23-16-6-8-17(9-7-16)27-20-21-14(2)12-15(3)22-20/h5,10-12,16-17,23H,6-9H2,1-4H3. The minimum absolute atomic E-state index is 0.00420.